The van der Waals surface area contributed by atoms with E-state index in [9.17, 15) is 15.2 Å². The Bertz CT molecular complexity index is 466. The fourth-order valence-corrected chi connectivity index (χ4v) is 1.63. The Labute approximate surface area is 109 Å². The molecule has 2 rings (SSSR count). The molecule has 18 heavy (non-hydrogen) atoms. The minimum atomic E-state index is -0.894. The van der Waals surface area contributed by atoms with Crippen LogP contribution in [-0.4, -0.2) is 22.9 Å². The quantitative estimate of drug-likeness (QED) is 0.633. The number of hydrogen-bond acceptors (Lipinski definition) is 6. The maximum Gasteiger partial charge on any atom is 0.278 e. The van der Waals surface area contributed by atoms with Crippen molar-refractivity contribution in [3.63, 3.8) is 0 Å². The number of nitrogens with zero attached hydrogens (tertiary/aromatic N) is 1. The first-order chi connectivity index (χ1) is 8.00. The molecule has 0 unspecified atom stereocenters. The van der Waals surface area contributed by atoms with Gasteiger partial charge in [0.25, 0.3) is 5.69 Å². The Balaban J connectivity index is 0.00000162. The predicted octanol–water partition coefficient (Wildman–Crippen LogP) is 1.13. The molecular formula is C10H13ClN2O5. The van der Waals surface area contributed by atoms with E-state index in [1.54, 1.807) is 0 Å². The van der Waals surface area contributed by atoms with Crippen molar-refractivity contribution >= 4 is 18.1 Å². The van der Waals surface area contributed by atoms with Gasteiger partial charge in [-0.1, -0.05) is 0 Å². The van der Waals surface area contributed by atoms with Crippen molar-refractivity contribution in [1.29, 1.82) is 0 Å². The van der Waals surface area contributed by atoms with Gasteiger partial charge in [0, 0.05) is 0 Å². The van der Waals surface area contributed by atoms with Gasteiger partial charge in [0.15, 0.2) is 11.5 Å². The van der Waals surface area contributed by atoms with E-state index in [4.69, 9.17) is 15.2 Å². The molecule has 8 heteroatoms. The molecule has 0 saturated heterocycles. The summed E-state index contributed by atoms with van der Waals surface area (Å²) in [5.74, 6) is 0.722. The van der Waals surface area contributed by atoms with Crippen molar-refractivity contribution < 1.29 is 19.5 Å². The summed E-state index contributed by atoms with van der Waals surface area (Å²) in [5, 5.41) is 20.3. The Morgan fingerprint density at radius 3 is 2.50 bits per heavy atom. The molecule has 0 bridgehead atoms. The third-order valence-electron chi connectivity index (χ3n) is 2.60. The lowest BCUT2D eigenvalue weighted by Crippen LogP contribution is -2.24. The van der Waals surface area contributed by atoms with Crippen LogP contribution in [0.25, 0.3) is 0 Å². The van der Waals surface area contributed by atoms with Crippen molar-refractivity contribution in [2.75, 3.05) is 6.79 Å². The van der Waals surface area contributed by atoms with Gasteiger partial charge >= 0.3 is 0 Å². The maximum atomic E-state index is 10.9. The van der Waals surface area contributed by atoms with Gasteiger partial charge in [-0.2, -0.15) is 0 Å². The van der Waals surface area contributed by atoms with E-state index in [-0.39, 0.29) is 30.5 Å². The third-order valence-corrected chi connectivity index (χ3v) is 2.60. The smallest absolute Gasteiger partial charge is 0.278 e. The van der Waals surface area contributed by atoms with Crippen molar-refractivity contribution in [3.05, 3.63) is 27.8 Å². The molecular weight excluding hydrogens is 264 g/mol. The number of fused-ring (bicyclic) bond motifs is 1. The first-order valence-electron chi connectivity index (χ1n) is 5.02. The lowest BCUT2D eigenvalue weighted by molar-refractivity contribution is -0.385. The van der Waals surface area contributed by atoms with E-state index < -0.39 is 17.1 Å². The van der Waals surface area contributed by atoms with E-state index in [1.165, 1.54) is 19.1 Å². The summed E-state index contributed by atoms with van der Waals surface area (Å²) in [6, 6.07) is 1.86. The molecule has 1 aliphatic heterocycles. The summed E-state index contributed by atoms with van der Waals surface area (Å²) in [5.41, 5.74) is 5.77. The Kier molecular flexibility index (Phi) is 4.33. The zero-order valence-electron chi connectivity index (χ0n) is 9.53. The zero-order valence-corrected chi connectivity index (χ0v) is 10.3. The van der Waals surface area contributed by atoms with E-state index >= 15 is 0 Å². The lowest BCUT2D eigenvalue weighted by Gasteiger charge is -2.15. The van der Waals surface area contributed by atoms with E-state index in [0.29, 0.717) is 11.5 Å². The molecule has 0 saturated carbocycles. The van der Waals surface area contributed by atoms with Gasteiger partial charge in [-0.05, 0) is 13.0 Å². The molecule has 3 N–H and O–H groups in total. The van der Waals surface area contributed by atoms with Crippen molar-refractivity contribution in [3.8, 4) is 11.5 Å². The van der Waals surface area contributed by atoms with Gasteiger partial charge in [0.1, 0.15) is 0 Å². The molecule has 0 fully saturated rings. The summed E-state index contributed by atoms with van der Waals surface area (Å²) >= 11 is 0. The summed E-state index contributed by atoms with van der Waals surface area (Å²) in [6.45, 7) is 1.50. The second kappa shape index (κ2) is 5.38. The normalized spacial score (nSPS) is 15.7. The fourth-order valence-electron chi connectivity index (χ4n) is 1.63. The van der Waals surface area contributed by atoms with Crippen LogP contribution in [0.4, 0.5) is 5.69 Å². The van der Waals surface area contributed by atoms with Crippen LogP contribution in [0.5, 0.6) is 11.5 Å². The molecule has 1 heterocycles. The number of nitro benzene ring substituents is 1. The molecule has 0 amide bonds. The molecule has 1 aliphatic rings. The number of rotatable bonds is 3. The number of ether oxygens (including phenoxy) is 2. The van der Waals surface area contributed by atoms with Crippen LogP contribution in [-0.2, 0) is 0 Å². The zero-order chi connectivity index (χ0) is 12.6. The molecule has 0 aromatic heterocycles. The molecule has 2 atom stereocenters. The van der Waals surface area contributed by atoms with Gasteiger partial charge in [0.05, 0.1) is 28.7 Å². The maximum absolute atomic E-state index is 10.9. The molecule has 0 spiro atoms. The van der Waals surface area contributed by atoms with Gasteiger partial charge < -0.3 is 20.3 Å². The summed E-state index contributed by atoms with van der Waals surface area (Å²) < 4.78 is 10.2. The molecule has 100 valence electrons. The lowest BCUT2D eigenvalue weighted by atomic mass is 10.0. The van der Waals surface area contributed by atoms with E-state index in [2.05, 4.69) is 0 Å². The largest absolute Gasteiger partial charge is 0.454 e. The van der Waals surface area contributed by atoms with Crippen LogP contribution in [0.2, 0.25) is 0 Å². The van der Waals surface area contributed by atoms with Crippen LogP contribution in [0.3, 0.4) is 0 Å². The van der Waals surface area contributed by atoms with Gasteiger partial charge in [-0.15, -0.1) is 12.4 Å². The monoisotopic (exact) mass is 276 g/mol. The Morgan fingerprint density at radius 1 is 1.44 bits per heavy atom. The number of nitro groups is 1. The molecule has 1 aromatic carbocycles. The SMILES string of the molecule is C[C@H](O)[C@H](N)c1cc2c(cc1[N+](=O)[O-])OCO2.Cl. The number of aliphatic hydroxyl groups excluding tert-OH is 1. The van der Waals surface area contributed by atoms with Crippen LogP contribution >= 0.6 is 12.4 Å². The molecule has 1 aromatic rings. The van der Waals surface area contributed by atoms with Crippen LogP contribution in [0.1, 0.15) is 18.5 Å². The highest BCUT2D eigenvalue weighted by molar-refractivity contribution is 5.85. The number of hydrogen-bond donors (Lipinski definition) is 2. The van der Waals surface area contributed by atoms with Crippen molar-refractivity contribution in [2.45, 2.75) is 19.1 Å². The van der Waals surface area contributed by atoms with Crippen LogP contribution in [0.15, 0.2) is 12.1 Å². The highest BCUT2D eigenvalue weighted by Gasteiger charge is 2.28. The average molecular weight is 277 g/mol. The Morgan fingerprint density at radius 2 is 2.00 bits per heavy atom. The average Bonchev–Trinajstić information content (AvgIpc) is 2.72. The second-order valence-corrected chi connectivity index (χ2v) is 3.79. The highest BCUT2D eigenvalue weighted by Crippen LogP contribution is 2.40. The summed E-state index contributed by atoms with van der Waals surface area (Å²) in [7, 11) is 0. The van der Waals surface area contributed by atoms with Crippen molar-refractivity contribution in [2.24, 2.45) is 5.73 Å². The first kappa shape index (κ1) is 14.5. The highest BCUT2D eigenvalue weighted by atomic mass is 35.5. The number of benzene rings is 1. The van der Waals surface area contributed by atoms with Gasteiger partial charge in [-0.3, -0.25) is 10.1 Å². The summed E-state index contributed by atoms with van der Waals surface area (Å²) in [4.78, 5) is 10.4. The van der Waals surface area contributed by atoms with Crippen LogP contribution in [0, 0.1) is 10.1 Å². The number of halogens is 1. The van der Waals surface area contributed by atoms with E-state index in [1.807, 2.05) is 0 Å². The second-order valence-electron chi connectivity index (χ2n) is 3.79. The van der Waals surface area contributed by atoms with E-state index in [0.717, 1.165) is 0 Å². The molecule has 0 radical (unpaired) electrons. The molecule has 7 nitrogen and oxygen atoms in total. The van der Waals surface area contributed by atoms with Crippen LogP contribution < -0.4 is 15.2 Å². The first-order valence-corrected chi connectivity index (χ1v) is 5.02. The fraction of sp³-hybridized carbons (Fsp3) is 0.400. The predicted molar refractivity (Wildman–Crippen MR) is 65.1 cm³/mol. The van der Waals surface area contributed by atoms with Crippen molar-refractivity contribution in [1.82, 2.24) is 0 Å². The number of aliphatic hydroxyl groups is 1. The minimum Gasteiger partial charge on any atom is -0.454 e. The topological polar surface area (TPSA) is 108 Å². The standard InChI is InChI=1S/C10H12N2O5.ClH/c1-5(13)10(11)6-2-8-9(17-4-16-8)3-7(6)12(14)15;/h2-3,5,10,13H,4,11H2,1H3;1H/t5-,10-;/m0./s1. The number of nitrogens with two attached hydrogens (primary N) is 1. The third kappa shape index (κ3) is 2.47. The van der Waals surface area contributed by atoms with Gasteiger partial charge in [0.2, 0.25) is 6.79 Å². The van der Waals surface area contributed by atoms with Gasteiger partial charge in [-0.25, -0.2) is 0 Å². The minimum absolute atomic E-state index is 0. The Hall–Kier alpha value is -1.57. The molecule has 0 aliphatic carbocycles. The summed E-state index contributed by atoms with van der Waals surface area (Å²) in [6.07, 6.45) is -0.894.